The van der Waals surface area contributed by atoms with Gasteiger partial charge in [0, 0.05) is 6.42 Å². The highest BCUT2D eigenvalue weighted by Gasteiger charge is 2.35. The Hall–Kier alpha value is 0.510. The zero-order chi connectivity index (χ0) is 14.9. The fraction of sp³-hybridized carbons (Fsp3) is 0.917. The Bertz CT molecular complexity index is 307. The van der Waals surface area contributed by atoms with Crippen LogP contribution in [0, 0.1) is 0 Å². The van der Waals surface area contributed by atoms with Crippen molar-refractivity contribution in [3.8, 4) is 0 Å². The summed E-state index contributed by atoms with van der Waals surface area (Å²) in [6.45, 7) is 8.05. The summed E-state index contributed by atoms with van der Waals surface area (Å²) in [6.07, 6.45) is 2.31. The van der Waals surface area contributed by atoms with Crippen molar-refractivity contribution in [1.29, 1.82) is 0 Å². The monoisotopic (exact) mass is 406 g/mol. The van der Waals surface area contributed by atoms with Crippen molar-refractivity contribution in [2.45, 2.75) is 59.0 Å². The number of hydrogen-bond donors (Lipinski definition) is 0. The molecule has 0 N–H and O–H groups in total. The van der Waals surface area contributed by atoms with E-state index in [0.29, 0.717) is 26.1 Å². The van der Waals surface area contributed by atoms with Crippen LogP contribution in [-0.2, 0) is 22.9 Å². The fourth-order valence-corrected chi connectivity index (χ4v) is 3.20. The van der Waals surface area contributed by atoms with E-state index < -0.39 is 13.4 Å². The van der Waals surface area contributed by atoms with Gasteiger partial charge in [0.15, 0.2) is 3.79 Å². The molecule has 0 unspecified atom stereocenters. The molecule has 7 heteroatoms. The lowest BCUT2D eigenvalue weighted by Gasteiger charge is -2.29. The van der Waals surface area contributed by atoms with Gasteiger partial charge in [-0.15, -0.1) is 0 Å². The molecule has 0 aromatic carbocycles. The molecule has 0 aliphatic rings. The van der Waals surface area contributed by atoms with E-state index in [-0.39, 0.29) is 3.79 Å². The minimum atomic E-state index is -3.55. The maximum atomic E-state index is 12.4. The number of phosphoric acid groups is 1. The lowest BCUT2D eigenvalue weighted by molar-refractivity contribution is -0.110. The maximum absolute atomic E-state index is 12.4. The predicted molar refractivity (Wildman–Crippen MR) is 83.5 cm³/mol. The van der Waals surface area contributed by atoms with E-state index in [4.69, 9.17) is 13.6 Å². The molecule has 0 rings (SSSR count). The topological polar surface area (TPSA) is 61.8 Å². The molecule has 0 aliphatic carbocycles. The standard InChI is InChI=1S/C12H24IO5P/c1-5-9-16-19(15,17-10-6-2)18-12(3,4)8-7-11(13)14/h5-10H2,1-4H3. The Kier molecular flexibility index (Phi) is 9.70. The van der Waals surface area contributed by atoms with Crippen LogP contribution in [-0.4, -0.2) is 22.6 Å². The van der Waals surface area contributed by atoms with Gasteiger partial charge in [0.1, 0.15) is 0 Å². The van der Waals surface area contributed by atoms with E-state index in [2.05, 4.69) is 0 Å². The van der Waals surface area contributed by atoms with Gasteiger partial charge in [-0.2, -0.15) is 0 Å². The van der Waals surface area contributed by atoms with Gasteiger partial charge in [0.25, 0.3) is 0 Å². The van der Waals surface area contributed by atoms with Crippen molar-refractivity contribution in [3.63, 3.8) is 0 Å². The van der Waals surface area contributed by atoms with E-state index in [1.165, 1.54) is 0 Å². The number of carbonyl (C=O) groups is 1. The molecule has 0 aliphatic heterocycles. The Morgan fingerprint density at radius 3 is 2.00 bits per heavy atom. The van der Waals surface area contributed by atoms with Gasteiger partial charge in [-0.05, 0) is 55.7 Å². The largest absolute Gasteiger partial charge is 0.475 e. The summed E-state index contributed by atoms with van der Waals surface area (Å²) in [5, 5.41) is 0. The van der Waals surface area contributed by atoms with Crippen molar-refractivity contribution in [2.75, 3.05) is 13.2 Å². The van der Waals surface area contributed by atoms with E-state index >= 15 is 0 Å². The normalized spacial score (nSPS) is 12.7. The minimum absolute atomic E-state index is 0.0491. The third-order valence-corrected chi connectivity index (χ3v) is 4.44. The van der Waals surface area contributed by atoms with Gasteiger partial charge in [-0.3, -0.25) is 18.4 Å². The summed E-state index contributed by atoms with van der Waals surface area (Å²) in [4.78, 5) is 11.0. The first-order chi connectivity index (χ1) is 8.74. The molecule has 0 spiro atoms. The Morgan fingerprint density at radius 2 is 1.63 bits per heavy atom. The molecule has 0 aromatic rings. The highest BCUT2D eigenvalue weighted by molar-refractivity contribution is 14.1. The summed E-state index contributed by atoms with van der Waals surface area (Å²) in [5.74, 6) is 0. The quantitative estimate of drug-likeness (QED) is 0.288. The summed E-state index contributed by atoms with van der Waals surface area (Å²) in [5.41, 5.74) is -0.724. The first kappa shape index (κ1) is 19.5. The molecule has 0 fully saturated rings. The number of rotatable bonds is 11. The Balaban J connectivity index is 4.59. The van der Waals surface area contributed by atoms with Gasteiger partial charge in [0.05, 0.1) is 18.8 Å². The Labute approximate surface area is 129 Å². The van der Waals surface area contributed by atoms with E-state index in [1.54, 1.807) is 36.4 Å². The molecule has 0 aromatic heterocycles. The SMILES string of the molecule is CCCOP(=O)(OCCC)OC(C)(C)CCC(=O)I. The van der Waals surface area contributed by atoms with Crippen molar-refractivity contribution in [3.05, 3.63) is 0 Å². The second kappa shape index (κ2) is 9.45. The van der Waals surface area contributed by atoms with Crippen LogP contribution in [0.4, 0.5) is 0 Å². The molecule has 19 heavy (non-hydrogen) atoms. The zero-order valence-corrected chi connectivity index (χ0v) is 15.2. The van der Waals surface area contributed by atoms with Crippen LogP contribution >= 0.6 is 30.4 Å². The van der Waals surface area contributed by atoms with Crippen LogP contribution in [0.1, 0.15) is 53.4 Å². The van der Waals surface area contributed by atoms with E-state index in [0.717, 1.165) is 12.8 Å². The fourth-order valence-electron chi connectivity index (χ4n) is 1.24. The van der Waals surface area contributed by atoms with Crippen LogP contribution in [0.25, 0.3) is 0 Å². The molecule has 0 amide bonds. The van der Waals surface area contributed by atoms with E-state index in [1.807, 2.05) is 13.8 Å². The molecule has 0 saturated carbocycles. The van der Waals surface area contributed by atoms with Crippen molar-refractivity contribution in [1.82, 2.24) is 0 Å². The Morgan fingerprint density at radius 1 is 1.16 bits per heavy atom. The summed E-state index contributed by atoms with van der Waals surface area (Å²) in [6, 6.07) is 0. The minimum Gasteiger partial charge on any atom is -0.288 e. The molecule has 0 bridgehead atoms. The van der Waals surface area contributed by atoms with Gasteiger partial charge < -0.3 is 0 Å². The number of hydrogen-bond acceptors (Lipinski definition) is 5. The third-order valence-electron chi connectivity index (χ3n) is 2.19. The van der Waals surface area contributed by atoms with Crippen LogP contribution in [0.5, 0.6) is 0 Å². The maximum Gasteiger partial charge on any atom is 0.475 e. The first-order valence-electron chi connectivity index (χ1n) is 6.53. The van der Waals surface area contributed by atoms with Crippen molar-refractivity contribution in [2.24, 2.45) is 0 Å². The van der Waals surface area contributed by atoms with Crippen LogP contribution in [0.15, 0.2) is 0 Å². The van der Waals surface area contributed by atoms with Crippen LogP contribution < -0.4 is 0 Å². The molecule has 5 nitrogen and oxygen atoms in total. The highest BCUT2D eigenvalue weighted by Crippen LogP contribution is 2.53. The molecule has 114 valence electrons. The average molecular weight is 406 g/mol. The lowest BCUT2D eigenvalue weighted by Crippen LogP contribution is -2.25. The van der Waals surface area contributed by atoms with Crippen LogP contribution in [0.3, 0.4) is 0 Å². The molecule has 0 heterocycles. The summed E-state index contributed by atoms with van der Waals surface area (Å²) in [7, 11) is -3.55. The van der Waals surface area contributed by atoms with E-state index in [9.17, 15) is 9.36 Å². The lowest BCUT2D eigenvalue weighted by atomic mass is 10.0. The van der Waals surface area contributed by atoms with Crippen LogP contribution in [0.2, 0.25) is 0 Å². The van der Waals surface area contributed by atoms with Gasteiger partial charge in [0.2, 0.25) is 0 Å². The number of halogens is 1. The van der Waals surface area contributed by atoms with Crippen molar-refractivity contribution >= 4 is 34.2 Å². The summed E-state index contributed by atoms with van der Waals surface area (Å²) >= 11 is 1.74. The second-order valence-electron chi connectivity index (χ2n) is 4.82. The molecular formula is C12H24IO5P. The number of phosphoric ester groups is 1. The smallest absolute Gasteiger partial charge is 0.288 e. The van der Waals surface area contributed by atoms with Crippen molar-refractivity contribution < 1.29 is 22.9 Å². The molecule has 0 atom stereocenters. The highest BCUT2D eigenvalue weighted by atomic mass is 127. The van der Waals surface area contributed by atoms with Gasteiger partial charge in [-0.25, -0.2) is 4.57 Å². The second-order valence-corrected chi connectivity index (χ2v) is 7.62. The molecular weight excluding hydrogens is 382 g/mol. The summed E-state index contributed by atoms with van der Waals surface area (Å²) < 4.78 is 28.5. The zero-order valence-electron chi connectivity index (χ0n) is 12.1. The first-order valence-corrected chi connectivity index (χ1v) is 9.07. The molecule has 0 saturated heterocycles. The molecule has 0 radical (unpaired) electrons. The van der Waals surface area contributed by atoms with Gasteiger partial charge in [-0.1, -0.05) is 13.8 Å². The van der Waals surface area contributed by atoms with Gasteiger partial charge >= 0.3 is 7.82 Å². The number of carbonyl (C=O) groups excluding carboxylic acids is 1. The average Bonchev–Trinajstić information content (AvgIpc) is 2.31. The predicted octanol–water partition coefficient (Wildman–Crippen LogP) is 4.48. The third kappa shape index (κ3) is 9.96.